The van der Waals surface area contributed by atoms with Gasteiger partial charge in [0, 0.05) is 6.04 Å². The van der Waals surface area contributed by atoms with Crippen molar-refractivity contribution in [3.63, 3.8) is 0 Å². The molecule has 1 aliphatic carbocycles. The maximum absolute atomic E-state index is 11.2. The molecule has 2 rings (SSSR count). The average molecular weight is 224 g/mol. The Morgan fingerprint density at radius 2 is 1.94 bits per heavy atom. The third kappa shape index (κ3) is 1.99. The van der Waals surface area contributed by atoms with E-state index < -0.39 is 5.91 Å². The number of nitrogen functional groups attached to an aromatic ring is 1. The van der Waals surface area contributed by atoms with E-state index in [4.69, 9.17) is 17.2 Å². The van der Waals surface area contributed by atoms with Gasteiger partial charge < -0.3 is 17.2 Å². The van der Waals surface area contributed by atoms with Gasteiger partial charge in [-0.05, 0) is 25.7 Å². The van der Waals surface area contributed by atoms with Crippen molar-refractivity contribution in [2.45, 2.75) is 37.8 Å². The van der Waals surface area contributed by atoms with E-state index in [1.165, 1.54) is 0 Å². The highest BCUT2D eigenvalue weighted by atomic mass is 16.1. The van der Waals surface area contributed by atoms with Crippen molar-refractivity contribution in [1.29, 1.82) is 0 Å². The van der Waals surface area contributed by atoms with Crippen LogP contribution in [0, 0.1) is 0 Å². The Labute approximate surface area is 93.0 Å². The fourth-order valence-corrected chi connectivity index (χ4v) is 2.11. The second kappa shape index (κ2) is 4.09. The van der Waals surface area contributed by atoms with Crippen LogP contribution in [0.15, 0.2) is 0 Å². The van der Waals surface area contributed by atoms with Gasteiger partial charge in [0.15, 0.2) is 0 Å². The summed E-state index contributed by atoms with van der Waals surface area (Å²) in [4.78, 5) is 15.0. The van der Waals surface area contributed by atoms with Gasteiger partial charge in [-0.15, -0.1) is 5.10 Å². The van der Waals surface area contributed by atoms with Gasteiger partial charge in [0.25, 0.3) is 5.91 Å². The van der Waals surface area contributed by atoms with E-state index in [0.717, 1.165) is 25.7 Å². The van der Waals surface area contributed by atoms with E-state index in [2.05, 4.69) is 10.1 Å². The first-order valence-corrected chi connectivity index (χ1v) is 5.35. The van der Waals surface area contributed by atoms with Gasteiger partial charge in [0.1, 0.15) is 0 Å². The number of amides is 1. The van der Waals surface area contributed by atoms with Crippen LogP contribution in [0.3, 0.4) is 0 Å². The molecule has 0 spiro atoms. The van der Waals surface area contributed by atoms with E-state index >= 15 is 0 Å². The first-order valence-electron chi connectivity index (χ1n) is 5.35. The molecule has 7 nitrogen and oxygen atoms in total. The fourth-order valence-electron chi connectivity index (χ4n) is 2.11. The summed E-state index contributed by atoms with van der Waals surface area (Å²) >= 11 is 0. The van der Waals surface area contributed by atoms with Gasteiger partial charge in [0.05, 0.1) is 6.04 Å². The van der Waals surface area contributed by atoms with Crippen LogP contribution in [0.1, 0.15) is 42.3 Å². The summed E-state index contributed by atoms with van der Waals surface area (Å²) < 4.78 is 1.55. The smallest absolute Gasteiger partial charge is 0.286 e. The first-order chi connectivity index (χ1) is 7.58. The second-order valence-corrected chi connectivity index (χ2v) is 4.17. The van der Waals surface area contributed by atoms with Crippen molar-refractivity contribution in [2.75, 3.05) is 5.73 Å². The van der Waals surface area contributed by atoms with Gasteiger partial charge >= 0.3 is 0 Å². The minimum absolute atomic E-state index is 0.0867. The zero-order chi connectivity index (χ0) is 11.7. The highest BCUT2D eigenvalue weighted by molar-refractivity contribution is 5.89. The first kappa shape index (κ1) is 10.9. The van der Waals surface area contributed by atoms with Crippen LogP contribution in [-0.4, -0.2) is 26.7 Å². The van der Waals surface area contributed by atoms with Crippen LogP contribution in [-0.2, 0) is 0 Å². The van der Waals surface area contributed by atoms with E-state index in [0.29, 0.717) is 0 Å². The van der Waals surface area contributed by atoms with E-state index in [9.17, 15) is 4.79 Å². The number of nitrogens with two attached hydrogens (primary N) is 3. The molecule has 6 N–H and O–H groups in total. The molecule has 16 heavy (non-hydrogen) atoms. The number of hydrogen-bond donors (Lipinski definition) is 3. The van der Waals surface area contributed by atoms with E-state index in [1.54, 1.807) is 4.68 Å². The molecule has 0 atom stereocenters. The fraction of sp³-hybridized carbons (Fsp3) is 0.667. The number of hydrogen-bond acceptors (Lipinski definition) is 5. The van der Waals surface area contributed by atoms with Gasteiger partial charge in [0.2, 0.25) is 11.8 Å². The van der Waals surface area contributed by atoms with E-state index in [1.807, 2.05) is 0 Å². The van der Waals surface area contributed by atoms with Crippen molar-refractivity contribution in [3.8, 4) is 0 Å². The minimum atomic E-state index is -0.598. The number of primary amides is 1. The molecule has 1 saturated carbocycles. The molecule has 88 valence electrons. The Hall–Kier alpha value is -1.63. The normalized spacial score (nSPS) is 25.6. The van der Waals surface area contributed by atoms with Crippen LogP contribution in [0.25, 0.3) is 0 Å². The minimum Gasteiger partial charge on any atom is -0.366 e. The molecule has 0 radical (unpaired) electrons. The van der Waals surface area contributed by atoms with Crippen LogP contribution < -0.4 is 17.2 Å². The van der Waals surface area contributed by atoms with Crippen molar-refractivity contribution < 1.29 is 4.79 Å². The van der Waals surface area contributed by atoms with Crippen LogP contribution in [0.4, 0.5) is 5.95 Å². The zero-order valence-corrected chi connectivity index (χ0v) is 8.97. The summed E-state index contributed by atoms with van der Waals surface area (Å²) in [6, 6.07) is 0.376. The summed E-state index contributed by atoms with van der Waals surface area (Å²) in [5.74, 6) is -0.374. The molecule has 0 unspecified atom stereocenters. The predicted molar refractivity (Wildman–Crippen MR) is 58.4 cm³/mol. The predicted octanol–water partition coefficient (Wildman–Crippen LogP) is -0.598. The summed E-state index contributed by atoms with van der Waals surface area (Å²) in [5.41, 5.74) is 16.5. The second-order valence-electron chi connectivity index (χ2n) is 4.17. The highest BCUT2D eigenvalue weighted by Crippen LogP contribution is 2.28. The third-order valence-electron chi connectivity index (χ3n) is 2.96. The summed E-state index contributed by atoms with van der Waals surface area (Å²) in [6.45, 7) is 0. The molecule has 7 heteroatoms. The standard InChI is InChI=1S/C9H16N6O/c10-5-1-3-6(4-2-5)15-8(7(11)16)13-9(12)14-15/h5-6H,1-4,10H2,(H2,11,16)(H2,12,14). The van der Waals surface area contributed by atoms with Gasteiger partial charge in [-0.1, -0.05) is 0 Å². The Morgan fingerprint density at radius 3 is 2.50 bits per heavy atom. The molecule has 1 aliphatic rings. The molecule has 1 aromatic heterocycles. The average Bonchev–Trinajstić information content (AvgIpc) is 2.61. The molecule has 1 amide bonds. The number of rotatable bonds is 2. The zero-order valence-electron chi connectivity index (χ0n) is 8.97. The highest BCUT2D eigenvalue weighted by Gasteiger charge is 2.25. The lowest BCUT2D eigenvalue weighted by Gasteiger charge is -2.26. The number of aromatic nitrogens is 3. The van der Waals surface area contributed by atoms with Crippen LogP contribution in [0.2, 0.25) is 0 Å². The Bertz CT molecular complexity index is 393. The molecule has 1 aromatic rings. The van der Waals surface area contributed by atoms with Crippen molar-refractivity contribution in [1.82, 2.24) is 14.8 Å². The largest absolute Gasteiger partial charge is 0.366 e. The Balaban J connectivity index is 2.22. The molecule has 0 bridgehead atoms. The summed E-state index contributed by atoms with van der Waals surface area (Å²) in [6.07, 6.45) is 3.60. The van der Waals surface area contributed by atoms with Gasteiger partial charge in [-0.3, -0.25) is 4.79 Å². The number of carbonyl (C=O) groups excluding carboxylic acids is 1. The number of nitrogens with zero attached hydrogens (tertiary/aromatic N) is 3. The topological polar surface area (TPSA) is 126 Å². The van der Waals surface area contributed by atoms with Crippen molar-refractivity contribution >= 4 is 11.9 Å². The number of carbonyl (C=O) groups is 1. The third-order valence-corrected chi connectivity index (χ3v) is 2.96. The molecule has 1 heterocycles. The van der Waals surface area contributed by atoms with Gasteiger partial charge in [-0.2, -0.15) is 4.98 Å². The van der Waals surface area contributed by atoms with Crippen LogP contribution >= 0.6 is 0 Å². The lowest BCUT2D eigenvalue weighted by Crippen LogP contribution is -2.30. The molecule has 1 fully saturated rings. The molecule has 0 aliphatic heterocycles. The monoisotopic (exact) mass is 224 g/mol. The molecular weight excluding hydrogens is 208 g/mol. The SMILES string of the molecule is NC(=O)c1nc(N)nn1C1CCC(N)CC1. The quantitative estimate of drug-likeness (QED) is 0.618. The van der Waals surface area contributed by atoms with E-state index in [-0.39, 0.29) is 23.9 Å². The maximum Gasteiger partial charge on any atom is 0.286 e. The van der Waals surface area contributed by atoms with Crippen LogP contribution in [0.5, 0.6) is 0 Å². The summed E-state index contributed by atoms with van der Waals surface area (Å²) in [5, 5.41) is 4.02. The summed E-state index contributed by atoms with van der Waals surface area (Å²) in [7, 11) is 0. The lowest BCUT2D eigenvalue weighted by molar-refractivity contribution is 0.0979. The maximum atomic E-state index is 11.2. The van der Waals surface area contributed by atoms with Gasteiger partial charge in [-0.25, -0.2) is 4.68 Å². The van der Waals surface area contributed by atoms with Crippen molar-refractivity contribution in [3.05, 3.63) is 5.82 Å². The lowest BCUT2D eigenvalue weighted by atomic mass is 9.92. The Kier molecular flexibility index (Phi) is 2.78. The Morgan fingerprint density at radius 1 is 1.31 bits per heavy atom. The number of anilines is 1. The molecule has 0 saturated heterocycles. The molecule has 0 aromatic carbocycles. The van der Waals surface area contributed by atoms with Crippen molar-refractivity contribution in [2.24, 2.45) is 11.5 Å². The molecular formula is C9H16N6O.